The molecular formula is C22H24BNO. The smallest absolute Gasteiger partial charge is 0.361 e. The molecule has 0 aliphatic heterocycles. The molecule has 3 aromatic carbocycles. The van der Waals surface area contributed by atoms with Crippen LogP contribution in [0.2, 0.25) is 0 Å². The molecule has 3 heteroatoms. The topological polar surface area (TPSA) is 35.2 Å². The zero-order valence-corrected chi connectivity index (χ0v) is 14.6. The van der Waals surface area contributed by atoms with E-state index in [1.807, 2.05) is 48.5 Å². The molecule has 0 aromatic heterocycles. The third kappa shape index (κ3) is 4.59. The van der Waals surface area contributed by atoms with Gasteiger partial charge in [0, 0.05) is 6.61 Å². The molecule has 0 fully saturated rings. The van der Waals surface area contributed by atoms with Crippen molar-refractivity contribution in [3.05, 3.63) is 96.1 Å². The summed E-state index contributed by atoms with van der Waals surface area (Å²) in [5, 5.41) is 0. The maximum Gasteiger partial charge on any atom is 0.361 e. The normalized spacial score (nSPS) is 11.9. The molecule has 0 saturated heterocycles. The van der Waals surface area contributed by atoms with Crippen molar-refractivity contribution in [1.82, 2.24) is 0 Å². The molecule has 0 heterocycles. The summed E-state index contributed by atoms with van der Waals surface area (Å²) in [5.41, 5.74) is 11.0. The zero-order valence-electron chi connectivity index (χ0n) is 14.6. The van der Waals surface area contributed by atoms with Gasteiger partial charge < -0.3 is 10.4 Å². The Balaban J connectivity index is 1.79. The average Bonchev–Trinajstić information content (AvgIpc) is 2.70. The van der Waals surface area contributed by atoms with Crippen LogP contribution in [0.15, 0.2) is 84.9 Å². The molecule has 126 valence electrons. The van der Waals surface area contributed by atoms with Gasteiger partial charge >= 0.3 is 6.92 Å². The van der Waals surface area contributed by atoms with Gasteiger partial charge in [0.25, 0.3) is 0 Å². The maximum atomic E-state index is 6.32. The Labute approximate surface area is 150 Å². The highest BCUT2D eigenvalue weighted by atomic mass is 16.4. The molecular weight excluding hydrogens is 305 g/mol. The summed E-state index contributed by atoms with van der Waals surface area (Å²) < 4.78 is 6.28. The van der Waals surface area contributed by atoms with Crippen LogP contribution in [0.5, 0.6) is 0 Å². The first-order chi connectivity index (χ1) is 12.3. The van der Waals surface area contributed by atoms with E-state index in [0.29, 0.717) is 6.61 Å². The summed E-state index contributed by atoms with van der Waals surface area (Å²) in [4.78, 5) is 0. The number of benzene rings is 3. The molecule has 1 unspecified atom stereocenters. The number of nitrogens with two attached hydrogens (primary N) is 1. The number of aryl methyl sites for hydroxylation is 1. The second-order valence-corrected chi connectivity index (χ2v) is 6.24. The molecule has 0 spiro atoms. The number of rotatable bonds is 7. The predicted molar refractivity (Wildman–Crippen MR) is 107 cm³/mol. The molecule has 0 aliphatic carbocycles. The van der Waals surface area contributed by atoms with Gasteiger partial charge in [0.2, 0.25) is 0 Å². The van der Waals surface area contributed by atoms with E-state index < -0.39 is 0 Å². The van der Waals surface area contributed by atoms with E-state index in [-0.39, 0.29) is 13.0 Å². The van der Waals surface area contributed by atoms with Crippen LogP contribution in [0.25, 0.3) is 0 Å². The van der Waals surface area contributed by atoms with Gasteiger partial charge in [-0.2, -0.15) is 0 Å². The molecule has 0 radical (unpaired) electrons. The van der Waals surface area contributed by atoms with Gasteiger partial charge in [-0.3, -0.25) is 0 Å². The van der Waals surface area contributed by atoms with Crippen LogP contribution in [0.1, 0.15) is 24.1 Å². The van der Waals surface area contributed by atoms with Crippen molar-refractivity contribution in [2.75, 3.05) is 6.61 Å². The number of hydrogen-bond donors (Lipinski definition) is 1. The Morgan fingerprint density at radius 3 is 1.96 bits per heavy atom. The SMILES string of the molecule is CCc1ccc(B(OCC(N)c2ccccc2)c2ccccc2)cc1. The fourth-order valence-corrected chi connectivity index (χ4v) is 2.94. The van der Waals surface area contributed by atoms with E-state index in [0.717, 1.165) is 22.9 Å². The Kier molecular flexibility index (Phi) is 6.05. The van der Waals surface area contributed by atoms with Gasteiger partial charge in [-0.1, -0.05) is 91.9 Å². The summed E-state index contributed by atoms with van der Waals surface area (Å²) in [6.07, 6.45) is 1.04. The zero-order chi connectivity index (χ0) is 17.5. The van der Waals surface area contributed by atoms with Gasteiger partial charge in [-0.05, 0) is 28.5 Å². The fraction of sp³-hybridized carbons (Fsp3) is 0.182. The first kappa shape index (κ1) is 17.5. The van der Waals surface area contributed by atoms with Crippen molar-refractivity contribution in [2.24, 2.45) is 5.73 Å². The summed E-state index contributed by atoms with van der Waals surface area (Å²) >= 11 is 0. The third-order valence-electron chi connectivity index (χ3n) is 4.46. The minimum atomic E-state index is -0.137. The minimum absolute atomic E-state index is 0.109. The third-order valence-corrected chi connectivity index (χ3v) is 4.46. The lowest BCUT2D eigenvalue weighted by Crippen LogP contribution is -2.46. The van der Waals surface area contributed by atoms with Crippen LogP contribution in [0, 0.1) is 0 Å². The van der Waals surface area contributed by atoms with Gasteiger partial charge in [0.15, 0.2) is 0 Å². The van der Waals surface area contributed by atoms with Crippen molar-refractivity contribution in [3.63, 3.8) is 0 Å². The van der Waals surface area contributed by atoms with Crippen LogP contribution in [0.4, 0.5) is 0 Å². The van der Waals surface area contributed by atoms with Crippen LogP contribution < -0.4 is 16.7 Å². The standard InChI is InChI=1S/C22H24BNO/c1-2-18-13-15-21(16-14-18)23(20-11-7-4-8-12-20)25-17-22(24)19-9-5-3-6-10-19/h3-16,22H,2,17,24H2,1H3. The Morgan fingerprint density at radius 2 is 1.36 bits per heavy atom. The van der Waals surface area contributed by atoms with E-state index >= 15 is 0 Å². The molecule has 0 aliphatic rings. The molecule has 25 heavy (non-hydrogen) atoms. The predicted octanol–water partition coefficient (Wildman–Crippen LogP) is 3.07. The summed E-state index contributed by atoms with van der Waals surface area (Å²) in [6.45, 7) is 2.53. The monoisotopic (exact) mass is 329 g/mol. The van der Waals surface area contributed by atoms with Gasteiger partial charge in [0.05, 0.1) is 6.04 Å². The molecule has 1 atom stereocenters. The first-order valence-corrected chi connectivity index (χ1v) is 8.84. The number of hydrogen-bond acceptors (Lipinski definition) is 2. The molecule has 0 amide bonds. The largest absolute Gasteiger partial charge is 0.425 e. The second kappa shape index (κ2) is 8.66. The molecule has 2 nitrogen and oxygen atoms in total. The van der Waals surface area contributed by atoms with E-state index in [2.05, 4.69) is 43.3 Å². The lowest BCUT2D eigenvalue weighted by Gasteiger charge is -2.19. The molecule has 2 N–H and O–H groups in total. The van der Waals surface area contributed by atoms with E-state index in [1.54, 1.807) is 0 Å². The van der Waals surface area contributed by atoms with Gasteiger partial charge in [0.1, 0.15) is 0 Å². The lowest BCUT2D eigenvalue weighted by atomic mass is 9.55. The highest BCUT2D eigenvalue weighted by Crippen LogP contribution is 2.10. The Morgan fingerprint density at radius 1 is 0.800 bits per heavy atom. The Bertz CT molecular complexity index is 759. The summed E-state index contributed by atoms with van der Waals surface area (Å²) in [5.74, 6) is 0. The van der Waals surface area contributed by atoms with Crippen LogP contribution in [-0.2, 0) is 11.1 Å². The summed E-state index contributed by atoms with van der Waals surface area (Å²) in [7, 11) is 0. The molecule has 3 aromatic rings. The maximum absolute atomic E-state index is 6.32. The summed E-state index contributed by atoms with van der Waals surface area (Å²) in [6, 6.07) is 28.9. The Hall–Kier alpha value is -2.36. The van der Waals surface area contributed by atoms with Crippen LogP contribution in [-0.4, -0.2) is 13.5 Å². The molecule has 3 rings (SSSR count). The lowest BCUT2D eigenvalue weighted by molar-refractivity contribution is 0.303. The highest BCUT2D eigenvalue weighted by molar-refractivity contribution is 6.80. The molecule has 0 saturated carbocycles. The van der Waals surface area contributed by atoms with Gasteiger partial charge in [-0.25, -0.2) is 0 Å². The van der Waals surface area contributed by atoms with Crippen molar-refractivity contribution < 1.29 is 4.65 Å². The van der Waals surface area contributed by atoms with Crippen LogP contribution >= 0.6 is 0 Å². The quantitative estimate of drug-likeness (QED) is 0.676. The van der Waals surface area contributed by atoms with E-state index in [4.69, 9.17) is 10.4 Å². The van der Waals surface area contributed by atoms with E-state index in [9.17, 15) is 0 Å². The fourth-order valence-electron chi connectivity index (χ4n) is 2.94. The second-order valence-electron chi connectivity index (χ2n) is 6.24. The van der Waals surface area contributed by atoms with Crippen molar-refractivity contribution in [3.8, 4) is 0 Å². The molecule has 0 bridgehead atoms. The minimum Gasteiger partial charge on any atom is -0.425 e. The first-order valence-electron chi connectivity index (χ1n) is 8.84. The van der Waals surface area contributed by atoms with Gasteiger partial charge in [-0.15, -0.1) is 0 Å². The van der Waals surface area contributed by atoms with Crippen molar-refractivity contribution in [1.29, 1.82) is 0 Å². The van der Waals surface area contributed by atoms with Crippen molar-refractivity contribution >= 4 is 17.8 Å². The van der Waals surface area contributed by atoms with E-state index in [1.165, 1.54) is 5.56 Å². The average molecular weight is 329 g/mol. The highest BCUT2D eigenvalue weighted by Gasteiger charge is 2.22. The van der Waals surface area contributed by atoms with Crippen LogP contribution in [0.3, 0.4) is 0 Å². The van der Waals surface area contributed by atoms with Crippen molar-refractivity contribution in [2.45, 2.75) is 19.4 Å².